The maximum Gasteiger partial charge on any atom is 0.219 e. The molecule has 0 unspecified atom stereocenters. The first kappa shape index (κ1) is 16.4. The highest BCUT2D eigenvalue weighted by atomic mass is 16.5. The lowest BCUT2D eigenvalue weighted by atomic mass is 10.2. The van der Waals surface area contributed by atoms with E-state index in [1.807, 2.05) is 26.0 Å². The van der Waals surface area contributed by atoms with Crippen LogP contribution in [0.4, 0.5) is 5.82 Å². The Kier molecular flexibility index (Phi) is 4.75. The van der Waals surface area contributed by atoms with E-state index in [4.69, 9.17) is 9.26 Å². The number of aryl methyl sites for hydroxylation is 2. The summed E-state index contributed by atoms with van der Waals surface area (Å²) in [6.07, 6.45) is -0.238. The largest absolute Gasteiger partial charge is 0.368 e. The molecule has 8 nitrogen and oxygen atoms in total. The predicted molar refractivity (Wildman–Crippen MR) is 86.3 cm³/mol. The molecule has 1 aliphatic rings. The third kappa shape index (κ3) is 3.88. The molecule has 0 saturated carbocycles. The Bertz CT molecular complexity index is 730. The van der Waals surface area contributed by atoms with Crippen LogP contribution in [0.15, 0.2) is 16.7 Å². The fourth-order valence-corrected chi connectivity index (χ4v) is 2.64. The number of hydrogen-bond acceptors (Lipinski definition) is 7. The number of amides is 1. The molecular formula is C16H21N5O3. The summed E-state index contributed by atoms with van der Waals surface area (Å²) >= 11 is 0. The molecule has 1 saturated heterocycles. The number of rotatable bonds is 4. The van der Waals surface area contributed by atoms with Crippen molar-refractivity contribution in [2.24, 2.45) is 0 Å². The standard InChI is InChI=1S/C16H21N5O3/c1-10-6-13(24-20-10)8-17-16-7-14(18-11(2)19-16)15-9-21(12(3)22)4-5-23-15/h6-7,15H,4-5,8-9H2,1-3H3,(H,17,18,19)/t15-/m0/s1. The molecule has 2 aromatic heterocycles. The fourth-order valence-electron chi connectivity index (χ4n) is 2.64. The van der Waals surface area contributed by atoms with E-state index in [1.54, 1.807) is 11.8 Å². The highest BCUT2D eigenvalue weighted by Crippen LogP contribution is 2.23. The first-order valence-electron chi connectivity index (χ1n) is 7.90. The molecule has 0 spiro atoms. The number of carbonyl (C=O) groups is 1. The minimum absolute atomic E-state index is 0.0492. The minimum atomic E-state index is -0.238. The summed E-state index contributed by atoms with van der Waals surface area (Å²) in [7, 11) is 0. The van der Waals surface area contributed by atoms with Crippen molar-refractivity contribution in [2.75, 3.05) is 25.0 Å². The van der Waals surface area contributed by atoms with Gasteiger partial charge in [-0.05, 0) is 13.8 Å². The van der Waals surface area contributed by atoms with E-state index in [0.29, 0.717) is 37.9 Å². The third-order valence-corrected chi connectivity index (χ3v) is 3.82. The maximum atomic E-state index is 11.6. The molecule has 0 aromatic carbocycles. The molecule has 1 aliphatic heterocycles. The summed E-state index contributed by atoms with van der Waals surface area (Å²) in [4.78, 5) is 22.2. The molecule has 0 radical (unpaired) electrons. The monoisotopic (exact) mass is 331 g/mol. The highest BCUT2D eigenvalue weighted by molar-refractivity contribution is 5.73. The van der Waals surface area contributed by atoms with Gasteiger partial charge in [0.25, 0.3) is 0 Å². The number of aromatic nitrogens is 3. The van der Waals surface area contributed by atoms with E-state index in [2.05, 4.69) is 20.4 Å². The number of hydrogen-bond donors (Lipinski definition) is 1. The molecule has 2 aromatic rings. The molecule has 3 heterocycles. The van der Waals surface area contributed by atoms with Crippen LogP contribution in [-0.4, -0.2) is 45.6 Å². The van der Waals surface area contributed by atoms with E-state index in [9.17, 15) is 4.79 Å². The van der Waals surface area contributed by atoms with Crippen molar-refractivity contribution in [3.63, 3.8) is 0 Å². The number of nitrogens with zero attached hydrogens (tertiary/aromatic N) is 4. The molecular weight excluding hydrogens is 310 g/mol. The average molecular weight is 331 g/mol. The van der Waals surface area contributed by atoms with Gasteiger partial charge in [-0.1, -0.05) is 5.16 Å². The van der Waals surface area contributed by atoms with Crippen molar-refractivity contribution in [1.82, 2.24) is 20.0 Å². The van der Waals surface area contributed by atoms with Crippen LogP contribution >= 0.6 is 0 Å². The van der Waals surface area contributed by atoms with Crippen molar-refractivity contribution >= 4 is 11.7 Å². The van der Waals surface area contributed by atoms with Crippen LogP contribution < -0.4 is 5.32 Å². The van der Waals surface area contributed by atoms with Crippen molar-refractivity contribution in [1.29, 1.82) is 0 Å². The summed E-state index contributed by atoms with van der Waals surface area (Å²) < 4.78 is 11.0. The van der Waals surface area contributed by atoms with Gasteiger partial charge in [-0.2, -0.15) is 0 Å². The van der Waals surface area contributed by atoms with Crippen LogP contribution in [0.25, 0.3) is 0 Å². The van der Waals surface area contributed by atoms with E-state index in [-0.39, 0.29) is 12.0 Å². The number of nitrogens with one attached hydrogen (secondary N) is 1. The second kappa shape index (κ2) is 6.96. The van der Waals surface area contributed by atoms with Gasteiger partial charge in [0.15, 0.2) is 5.76 Å². The van der Waals surface area contributed by atoms with Gasteiger partial charge < -0.3 is 19.5 Å². The SMILES string of the molecule is CC(=O)N1CCO[C@H](c2cc(NCc3cc(C)no3)nc(C)n2)C1. The third-order valence-electron chi connectivity index (χ3n) is 3.82. The van der Waals surface area contributed by atoms with Gasteiger partial charge in [-0.15, -0.1) is 0 Å². The molecule has 8 heteroatoms. The number of morpholine rings is 1. The molecule has 3 rings (SSSR count). The van der Waals surface area contributed by atoms with Gasteiger partial charge in [0, 0.05) is 25.6 Å². The van der Waals surface area contributed by atoms with E-state index in [1.165, 1.54) is 0 Å². The number of anilines is 1. The van der Waals surface area contributed by atoms with Gasteiger partial charge in [-0.3, -0.25) is 4.79 Å². The highest BCUT2D eigenvalue weighted by Gasteiger charge is 2.25. The molecule has 0 aliphatic carbocycles. The van der Waals surface area contributed by atoms with Gasteiger partial charge in [0.1, 0.15) is 17.7 Å². The molecule has 0 bridgehead atoms. The zero-order valence-corrected chi connectivity index (χ0v) is 14.1. The lowest BCUT2D eigenvalue weighted by Gasteiger charge is -2.32. The Balaban J connectivity index is 1.72. The Labute approximate surface area is 140 Å². The topological polar surface area (TPSA) is 93.4 Å². The Hall–Kier alpha value is -2.48. The van der Waals surface area contributed by atoms with Crippen LogP contribution in [0.2, 0.25) is 0 Å². The van der Waals surface area contributed by atoms with Crippen molar-refractivity contribution < 1.29 is 14.1 Å². The van der Waals surface area contributed by atoms with Crippen LogP contribution in [0.1, 0.15) is 36.0 Å². The van der Waals surface area contributed by atoms with Crippen molar-refractivity contribution in [2.45, 2.75) is 33.4 Å². The van der Waals surface area contributed by atoms with Gasteiger partial charge in [-0.25, -0.2) is 9.97 Å². The first-order valence-corrected chi connectivity index (χ1v) is 7.90. The second-order valence-corrected chi connectivity index (χ2v) is 5.84. The number of ether oxygens (including phenoxy) is 1. The van der Waals surface area contributed by atoms with Gasteiger partial charge in [0.2, 0.25) is 5.91 Å². The lowest BCUT2D eigenvalue weighted by molar-refractivity contribution is -0.136. The van der Waals surface area contributed by atoms with E-state index in [0.717, 1.165) is 17.1 Å². The number of carbonyl (C=O) groups excluding carboxylic acids is 1. The molecule has 1 amide bonds. The lowest BCUT2D eigenvalue weighted by Crippen LogP contribution is -2.41. The van der Waals surface area contributed by atoms with Crippen LogP contribution in [0.5, 0.6) is 0 Å². The van der Waals surface area contributed by atoms with E-state index < -0.39 is 0 Å². The molecule has 128 valence electrons. The molecule has 1 fully saturated rings. The smallest absolute Gasteiger partial charge is 0.219 e. The zero-order chi connectivity index (χ0) is 17.1. The minimum Gasteiger partial charge on any atom is -0.368 e. The normalized spacial score (nSPS) is 17.8. The summed E-state index contributed by atoms with van der Waals surface area (Å²) in [6.45, 7) is 7.40. The molecule has 1 N–H and O–H groups in total. The second-order valence-electron chi connectivity index (χ2n) is 5.84. The average Bonchev–Trinajstić information content (AvgIpc) is 2.98. The van der Waals surface area contributed by atoms with Crippen LogP contribution in [0, 0.1) is 13.8 Å². The van der Waals surface area contributed by atoms with E-state index >= 15 is 0 Å². The predicted octanol–water partition coefficient (Wildman–Crippen LogP) is 1.61. The summed E-state index contributed by atoms with van der Waals surface area (Å²) in [5, 5.41) is 7.06. The quantitative estimate of drug-likeness (QED) is 0.909. The van der Waals surface area contributed by atoms with Crippen LogP contribution in [0.3, 0.4) is 0 Å². The van der Waals surface area contributed by atoms with Crippen molar-refractivity contribution in [3.8, 4) is 0 Å². The summed E-state index contributed by atoms with van der Waals surface area (Å²) in [5.41, 5.74) is 1.61. The Morgan fingerprint density at radius 2 is 2.21 bits per heavy atom. The molecule has 24 heavy (non-hydrogen) atoms. The maximum absolute atomic E-state index is 11.6. The summed E-state index contributed by atoms with van der Waals surface area (Å²) in [5.74, 6) is 2.12. The van der Waals surface area contributed by atoms with Crippen LogP contribution in [-0.2, 0) is 16.1 Å². The van der Waals surface area contributed by atoms with Gasteiger partial charge >= 0.3 is 0 Å². The van der Waals surface area contributed by atoms with Crippen molar-refractivity contribution in [3.05, 3.63) is 35.1 Å². The Morgan fingerprint density at radius 1 is 1.38 bits per heavy atom. The fraction of sp³-hybridized carbons (Fsp3) is 0.500. The summed E-state index contributed by atoms with van der Waals surface area (Å²) in [6, 6.07) is 3.72. The molecule has 1 atom stereocenters. The first-order chi connectivity index (χ1) is 11.5. The Morgan fingerprint density at radius 3 is 2.92 bits per heavy atom. The van der Waals surface area contributed by atoms with Gasteiger partial charge in [0.05, 0.1) is 31.1 Å². The zero-order valence-electron chi connectivity index (χ0n) is 14.1.